The van der Waals surface area contributed by atoms with Crippen LogP contribution in [0.3, 0.4) is 0 Å². The van der Waals surface area contributed by atoms with Gasteiger partial charge in [0.25, 0.3) is 0 Å². The maximum atomic E-state index is 13.3. The quantitative estimate of drug-likeness (QED) is 0.239. The molecule has 1 fully saturated rings. The monoisotopic (exact) mass is 669 g/mol. The minimum absolute atomic E-state index is 0.0905. The van der Waals surface area contributed by atoms with E-state index in [1.807, 2.05) is 61.7 Å². The number of piperazine rings is 1. The van der Waals surface area contributed by atoms with E-state index in [0.717, 1.165) is 54.5 Å². The molecule has 2 N–H and O–H groups in total. The number of benzene rings is 1. The predicted molar refractivity (Wildman–Crippen MR) is 186 cm³/mol. The first-order valence-corrected chi connectivity index (χ1v) is 17.0. The molecule has 1 aliphatic carbocycles. The average molecular weight is 670 g/mol. The van der Waals surface area contributed by atoms with Gasteiger partial charge in [-0.15, -0.1) is 10.2 Å². The second-order valence-electron chi connectivity index (χ2n) is 14.4. The number of rotatable bonds is 8. The number of hydrogen-bond donors (Lipinski definition) is 2. The number of carbonyl (C=O) groups excluding carboxylic acids is 2. The lowest BCUT2D eigenvalue weighted by Crippen LogP contribution is -2.52. The number of hydrogen-bond acceptors (Lipinski definition) is 10. The molecule has 1 aliphatic heterocycles. The maximum absolute atomic E-state index is 13.3. The fourth-order valence-corrected chi connectivity index (χ4v) is 6.55. The second kappa shape index (κ2) is 13.7. The Hall–Kier alpha value is -4.62. The first-order valence-electron chi connectivity index (χ1n) is 17.0. The Labute approximate surface area is 287 Å². The van der Waals surface area contributed by atoms with Crippen molar-refractivity contribution < 1.29 is 19.1 Å². The summed E-state index contributed by atoms with van der Waals surface area (Å²) in [4.78, 5) is 39.3. The van der Waals surface area contributed by atoms with Crippen molar-refractivity contribution in [3.8, 4) is 5.75 Å². The molecule has 2 aliphatic rings. The third kappa shape index (κ3) is 7.37. The van der Waals surface area contributed by atoms with E-state index in [-0.39, 0.29) is 41.3 Å². The Morgan fingerprint density at radius 1 is 0.939 bits per heavy atom. The molecule has 2 amide bonds. The molecule has 0 spiro atoms. The van der Waals surface area contributed by atoms with Gasteiger partial charge in [0.05, 0.1) is 30.1 Å². The van der Waals surface area contributed by atoms with Gasteiger partial charge < -0.3 is 19.7 Å². The number of carbonyl (C=O) groups is 2. The van der Waals surface area contributed by atoms with Crippen LogP contribution >= 0.6 is 0 Å². The van der Waals surface area contributed by atoms with Crippen molar-refractivity contribution >= 4 is 23.5 Å². The average Bonchev–Trinajstić information content (AvgIpc) is 3.50. The van der Waals surface area contributed by atoms with E-state index in [1.54, 1.807) is 13.0 Å². The zero-order valence-corrected chi connectivity index (χ0v) is 29.5. The van der Waals surface area contributed by atoms with E-state index in [0.29, 0.717) is 18.5 Å². The zero-order valence-electron chi connectivity index (χ0n) is 29.5. The summed E-state index contributed by atoms with van der Waals surface area (Å²) in [6.45, 7) is 16.2. The fourth-order valence-electron chi connectivity index (χ4n) is 6.55. The molecular weight excluding hydrogens is 622 g/mol. The molecule has 0 bridgehead atoms. The summed E-state index contributed by atoms with van der Waals surface area (Å²) in [6.07, 6.45) is 3.14. The number of pyridine rings is 1. The SMILES string of the molecule is CCOC(=O)c1nc(NC(=O)N[C@H]2CC[C@@H](Oc3ccc4nnc(C(C)(C)N5CCN(C)CC5)n4c3)c3ccccc32)cc(C(C)(C)C)n1. The van der Waals surface area contributed by atoms with E-state index in [2.05, 4.69) is 67.6 Å². The number of nitrogens with zero attached hydrogens (tertiary/aromatic N) is 7. The van der Waals surface area contributed by atoms with Crippen molar-refractivity contribution in [2.75, 3.05) is 45.2 Å². The van der Waals surface area contributed by atoms with Gasteiger partial charge in [0.2, 0.25) is 5.82 Å². The minimum atomic E-state index is -0.636. The molecule has 4 heterocycles. The van der Waals surface area contributed by atoms with Crippen LogP contribution < -0.4 is 15.4 Å². The molecule has 1 saturated heterocycles. The molecule has 13 nitrogen and oxygen atoms in total. The third-order valence-corrected chi connectivity index (χ3v) is 9.43. The molecule has 49 heavy (non-hydrogen) atoms. The summed E-state index contributed by atoms with van der Waals surface area (Å²) >= 11 is 0. The molecule has 3 aromatic heterocycles. The first kappa shape index (κ1) is 34.3. The van der Waals surface area contributed by atoms with Gasteiger partial charge >= 0.3 is 12.0 Å². The Kier molecular flexibility index (Phi) is 9.58. The molecule has 13 heteroatoms. The summed E-state index contributed by atoms with van der Waals surface area (Å²) in [5, 5.41) is 15.0. The van der Waals surface area contributed by atoms with Crippen molar-refractivity contribution in [2.24, 2.45) is 0 Å². The summed E-state index contributed by atoms with van der Waals surface area (Å²) in [5.74, 6) is 1.10. The van der Waals surface area contributed by atoms with Gasteiger partial charge in [0.1, 0.15) is 17.7 Å². The zero-order chi connectivity index (χ0) is 34.9. The van der Waals surface area contributed by atoms with Crippen molar-refractivity contribution in [3.63, 3.8) is 0 Å². The number of ether oxygens (including phenoxy) is 2. The molecule has 260 valence electrons. The van der Waals surface area contributed by atoms with Crippen LogP contribution in [0, 0.1) is 0 Å². The number of anilines is 1. The van der Waals surface area contributed by atoms with Crippen LogP contribution in [0.2, 0.25) is 0 Å². The van der Waals surface area contributed by atoms with Crippen LogP contribution in [0.4, 0.5) is 10.6 Å². The molecule has 2 atom stereocenters. The summed E-state index contributed by atoms with van der Waals surface area (Å²) in [5.41, 5.74) is 2.70. The van der Waals surface area contributed by atoms with Gasteiger partial charge in [-0.05, 0) is 63.9 Å². The minimum Gasteiger partial charge on any atom is -0.484 e. The largest absolute Gasteiger partial charge is 0.484 e. The molecule has 0 unspecified atom stereocenters. The molecule has 0 saturated carbocycles. The number of fused-ring (bicyclic) bond motifs is 2. The Morgan fingerprint density at radius 2 is 1.67 bits per heavy atom. The molecule has 4 aromatic rings. The highest BCUT2D eigenvalue weighted by Gasteiger charge is 2.35. The highest BCUT2D eigenvalue weighted by atomic mass is 16.5. The smallest absolute Gasteiger partial charge is 0.376 e. The lowest BCUT2D eigenvalue weighted by Gasteiger charge is -2.42. The number of urea groups is 1. The van der Waals surface area contributed by atoms with Crippen LogP contribution in [0.1, 0.15) is 99.8 Å². The van der Waals surface area contributed by atoms with Gasteiger partial charge in [-0.25, -0.2) is 19.6 Å². The lowest BCUT2D eigenvalue weighted by molar-refractivity contribution is 0.0511. The van der Waals surface area contributed by atoms with Crippen LogP contribution in [-0.4, -0.2) is 86.2 Å². The number of aromatic nitrogens is 5. The Bertz CT molecular complexity index is 1820. The van der Waals surface area contributed by atoms with Crippen molar-refractivity contribution in [2.45, 2.75) is 77.5 Å². The summed E-state index contributed by atoms with van der Waals surface area (Å²) in [7, 11) is 2.16. The van der Waals surface area contributed by atoms with Gasteiger partial charge in [-0.3, -0.25) is 14.6 Å². The van der Waals surface area contributed by atoms with E-state index in [4.69, 9.17) is 9.47 Å². The standard InChI is InChI=1S/C36H47N9O4/c1-8-48-32(46)31-38-28(35(2,3)4)21-29(39-31)40-34(47)37-26-14-15-27(25-12-10-9-11-24(25)26)49-23-13-16-30-41-42-33(45(30)22-23)36(5,6)44-19-17-43(7)18-20-44/h9-13,16,21-22,26-27H,8,14-15,17-20H2,1-7H3,(H2,37,38,39,40,47)/t26-,27+/m0/s1. The molecule has 6 rings (SSSR count). The lowest BCUT2D eigenvalue weighted by atomic mass is 9.85. The van der Waals surface area contributed by atoms with Gasteiger partial charge in [0.15, 0.2) is 11.5 Å². The van der Waals surface area contributed by atoms with Crippen LogP contribution in [0.5, 0.6) is 5.75 Å². The number of amides is 2. The Morgan fingerprint density at radius 3 is 2.39 bits per heavy atom. The Balaban J connectivity index is 1.18. The van der Waals surface area contributed by atoms with Crippen molar-refractivity contribution in [1.82, 2.24) is 39.7 Å². The van der Waals surface area contributed by atoms with Gasteiger partial charge in [0, 0.05) is 37.7 Å². The molecule has 1 aromatic carbocycles. The van der Waals surface area contributed by atoms with Crippen molar-refractivity contribution in [3.05, 3.63) is 77.1 Å². The number of nitrogens with one attached hydrogen (secondary N) is 2. The highest BCUT2D eigenvalue weighted by molar-refractivity contribution is 5.90. The molecular formula is C36H47N9O4. The second-order valence-corrected chi connectivity index (χ2v) is 14.4. The number of esters is 1. The van der Waals surface area contributed by atoms with E-state index in [1.165, 1.54) is 0 Å². The van der Waals surface area contributed by atoms with E-state index < -0.39 is 12.0 Å². The number of likely N-dealkylation sites (N-methyl/N-ethyl adjacent to an activating group) is 1. The highest BCUT2D eigenvalue weighted by Crippen LogP contribution is 2.39. The normalized spacial score (nSPS) is 18.9. The van der Waals surface area contributed by atoms with Crippen LogP contribution in [0.25, 0.3) is 5.65 Å². The van der Waals surface area contributed by atoms with Crippen molar-refractivity contribution in [1.29, 1.82) is 0 Å². The van der Waals surface area contributed by atoms with Crippen LogP contribution in [-0.2, 0) is 15.7 Å². The topological polar surface area (TPSA) is 139 Å². The van der Waals surface area contributed by atoms with E-state index >= 15 is 0 Å². The fraction of sp³-hybridized carbons (Fsp3) is 0.500. The first-order chi connectivity index (χ1) is 23.3. The summed E-state index contributed by atoms with van der Waals surface area (Å²) in [6, 6.07) is 12.9. The van der Waals surface area contributed by atoms with Gasteiger partial charge in [-0.1, -0.05) is 45.0 Å². The molecule has 0 radical (unpaired) electrons. The predicted octanol–water partition coefficient (Wildman–Crippen LogP) is 5.25. The maximum Gasteiger partial charge on any atom is 0.376 e. The van der Waals surface area contributed by atoms with Crippen LogP contribution in [0.15, 0.2) is 48.7 Å². The van der Waals surface area contributed by atoms with Gasteiger partial charge in [-0.2, -0.15) is 0 Å². The summed E-state index contributed by atoms with van der Waals surface area (Å²) < 4.78 is 13.8. The third-order valence-electron chi connectivity index (χ3n) is 9.43. The van der Waals surface area contributed by atoms with E-state index in [9.17, 15) is 9.59 Å².